The molecule has 1 amide bonds. The van der Waals surface area contributed by atoms with E-state index in [2.05, 4.69) is 17.1 Å². The van der Waals surface area contributed by atoms with E-state index >= 15 is 0 Å². The molecule has 0 saturated carbocycles. The van der Waals surface area contributed by atoms with E-state index in [-0.39, 0.29) is 24.5 Å². The van der Waals surface area contributed by atoms with Gasteiger partial charge in [-0.25, -0.2) is 4.99 Å². The van der Waals surface area contributed by atoms with Crippen LogP contribution in [0.5, 0.6) is 0 Å². The summed E-state index contributed by atoms with van der Waals surface area (Å²) in [6.07, 6.45) is 0. The molecule has 0 aromatic heterocycles. The minimum atomic E-state index is -0.846. The first-order chi connectivity index (χ1) is 11.0. The summed E-state index contributed by atoms with van der Waals surface area (Å²) in [5, 5.41) is 2.82. The van der Waals surface area contributed by atoms with Crippen LogP contribution in [0.25, 0.3) is 0 Å². The molecular weight excluding hydrogens is 296 g/mol. The zero-order valence-electron chi connectivity index (χ0n) is 14.6. The van der Waals surface area contributed by atoms with Gasteiger partial charge in [0.15, 0.2) is 5.92 Å². The number of quaternary nitrogens is 1. The van der Waals surface area contributed by atoms with Gasteiger partial charge >= 0.3 is 5.97 Å². The van der Waals surface area contributed by atoms with E-state index in [9.17, 15) is 9.59 Å². The SMILES string of the molecule is CCOC(=O)[C@H]1C(=O)NC(N2CC[NH+](CC)CC2)=N[C@@H]1C(C)C. The Kier molecular flexibility index (Phi) is 5.98. The van der Waals surface area contributed by atoms with E-state index in [4.69, 9.17) is 9.73 Å². The fourth-order valence-corrected chi connectivity index (χ4v) is 3.15. The standard InChI is InChI=1S/C16H28N4O3/c1-5-19-7-9-20(10-8-19)16-17-13(11(3)4)12(14(21)18-16)15(22)23-6-2/h11-13H,5-10H2,1-4H3,(H,17,18,21)/p+1/t12-,13-/m1/s1. The lowest BCUT2D eigenvalue weighted by molar-refractivity contribution is -0.902. The Balaban J connectivity index is 2.15. The number of hydrogen-bond donors (Lipinski definition) is 2. The molecule has 7 nitrogen and oxygen atoms in total. The molecule has 0 spiro atoms. The molecule has 0 aromatic rings. The van der Waals surface area contributed by atoms with Gasteiger partial charge in [-0.3, -0.25) is 14.9 Å². The highest BCUT2D eigenvalue weighted by Crippen LogP contribution is 2.22. The smallest absolute Gasteiger partial charge is 0.320 e. The number of nitrogens with one attached hydrogen (secondary N) is 2. The Hall–Kier alpha value is -1.63. The van der Waals surface area contributed by atoms with Crippen LogP contribution in [0.15, 0.2) is 4.99 Å². The Morgan fingerprint density at radius 1 is 1.39 bits per heavy atom. The maximum atomic E-state index is 12.5. The van der Waals surface area contributed by atoms with Gasteiger partial charge in [-0.15, -0.1) is 0 Å². The first-order valence-electron chi connectivity index (χ1n) is 8.61. The highest BCUT2D eigenvalue weighted by molar-refractivity contribution is 6.08. The number of nitrogens with zero attached hydrogens (tertiary/aromatic N) is 2. The van der Waals surface area contributed by atoms with E-state index in [0.717, 1.165) is 32.7 Å². The zero-order chi connectivity index (χ0) is 17.0. The lowest BCUT2D eigenvalue weighted by Gasteiger charge is -2.37. The molecule has 1 fully saturated rings. The van der Waals surface area contributed by atoms with E-state index in [1.807, 2.05) is 13.8 Å². The van der Waals surface area contributed by atoms with Gasteiger partial charge in [0.2, 0.25) is 11.9 Å². The summed E-state index contributed by atoms with van der Waals surface area (Å²) in [7, 11) is 0. The zero-order valence-corrected chi connectivity index (χ0v) is 14.6. The summed E-state index contributed by atoms with van der Waals surface area (Å²) in [5.74, 6) is -0.914. The van der Waals surface area contributed by atoms with Gasteiger partial charge in [0, 0.05) is 0 Å². The number of ether oxygens (including phenoxy) is 1. The number of rotatable bonds is 4. The van der Waals surface area contributed by atoms with Crippen LogP contribution in [0.3, 0.4) is 0 Å². The molecule has 2 aliphatic heterocycles. The first kappa shape index (κ1) is 17.7. The average molecular weight is 325 g/mol. The highest BCUT2D eigenvalue weighted by atomic mass is 16.5. The summed E-state index contributed by atoms with van der Waals surface area (Å²) in [5.41, 5.74) is 0. The van der Waals surface area contributed by atoms with Crippen LogP contribution >= 0.6 is 0 Å². The van der Waals surface area contributed by atoms with Crippen molar-refractivity contribution in [3.05, 3.63) is 0 Å². The van der Waals surface area contributed by atoms with Crippen LogP contribution in [-0.2, 0) is 14.3 Å². The number of carbonyl (C=O) groups is 2. The van der Waals surface area contributed by atoms with Crippen LogP contribution < -0.4 is 10.2 Å². The Morgan fingerprint density at radius 2 is 2.04 bits per heavy atom. The van der Waals surface area contributed by atoms with Gasteiger partial charge in [0.05, 0.1) is 45.4 Å². The van der Waals surface area contributed by atoms with Gasteiger partial charge in [0.1, 0.15) is 0 Å². The van der Waals surface area contributed by atoms with Crippen molar-refractivity contribution in [3.63, 3.8) is 0 Å². The molecule has 2 rings (SSSR count). The number of amides is 1. The molecule has 130 valence electrons. The topological polar surface area (TPSA) is 75.4 Å². The second-order valence-electron chi connectivity index (χ2n) is 6.50. The molecule has 0 unspecified atom stereocenters. The van der Waals surface area contributed by atoms with Gasteiger partial charge in [0.25, 0.3) is 0 Å². The third kappa shape index (κ3) is 4.02. The lowest BCUT2D eigenvalue weighted by Crippen LogP contribution is -3.14. The summed E-state index contributed by atoms with van der Waals surface area (Å²) >= 11 is 0. The van der Waals surface area contributed by atoms with Crippen molar-refractivity contribution >= 4 is 17.8 Å². The van der Waals surface area contributed by atoms with Gasteiger partial charge in [-0.1, -0.05) is 13.8 Å². The average Bonchev–Trinajstić information content (AvgIpc) is 2.54. The largest absolute Gasteiger partial charge is 0.465 e. The highest BCUT2D eigenvalue weighted by Gasteiger charge is 2.42. The lowest BCUT2D eigenvalue weighted by atomic mass is 9.89. The van der Waals surface area contributed by atoms with Crippen molar-refractivity contribution in [2.45, 2.75) is 33.7 Å². The van der Waals surface area contributed by atoms with Gasteiger partial charge in [-0.2, -0.15) is 0 Å². The number of likely N-dealkylation sites (N-methyl/N-ethyl adjacent to an activating group) is 1. The summed E-state index contributed by atoms with van der Waals surface area (Å²) in [4.78, 5) is 33.0. The fraction of sp³-hybridized carbons (Fsp3) is 0.812. The molecule has 2 N–H and O–H groups in total. The molecule has 0 radical (unpaired) electrons. The second kappa shape index (κ2) is 7.77. The summed E-state index contributed by atoms with van der Waals surface area (Å²) < 4.78 is 5.06. The summed E-state index contributed by atoms with van der Waals surface area (Å²) in [6, 6.07) is -0.366. The molecule has 2 heterocycles. The van der Waals surface area contributed by atoms with Crippen LogP contribution in [-0.4, -0.2) is 68.1 Å². The fourth-order valence-electron chi connectivity index (χ4n) is 3.15. The van der Waals surface area contributed by atoms with E-state index in [1.54, 1.807) is 11.8 Å². The van der Waals surface area contributed by atoms with E-state index in [0.29, 0.717) is 5.96 Å². The van der Waals surface area contributed by atoms with Crippen molar-refractivity contribution in [3.8, 4) is 0 Å². The van der Waals surface area contributed by atoms with Crippen LogP contribution in [0.4, 0.5) is 0 Å². The Labute approximate surface area is 138 Å². The van der Waals surface area contributed by atoms with Crippen LogP contribution in [0, 0.1) is 11.8 Å². The van der Waals surface area contributed by atoms with Crippen molar-refractivity contribution < 1.29 is 19.2 Å². The normalized spacial score (nSPS) is 26.0. The third-order valence-corrected chi connectivity index (χ3v) is 4.62. The quantitative estimate of drug-likeness (QED) is 0.508. The molecular formula is C16H29N4O3+. The molecule has 2 aliphatic rings. The molecule has 2 atom stereocenters. The van der Waals surface area contributed by atoms with Crippen molar-refractivity contribution in [1.82, 2.24) is 10.2 Å². The van der Waals surface area contributed by atoms with Gasteiger partial charge in [-0.05, 0) is 19.8 Å². The predicted octanol–water partition coefficient (Wildman–Crippen LogP) is -1.10. The van der Waals surface area contributed by atoms with E-state index in [1.165, 1.54) is 0 Å². The molecule has 0 aliphatic carbocycles. The maximum absolute atomic E-state index is 12.5. The molecule has 23 heavy (non-hydrogen) atoms. The maximum Gasteiger partial charge on any atom is 0.320 e. The van der Waals surface area contributed by atoms with Crippen molar-refractivity contribution in [1.29, 1.82) is 0 Å². The monoisotopic (exact) mass is 325 g/mol. The first-order valence-corrected chi connectivity index (χ1v) is 8.61. The minimum absolute atomic E-state index is 0.0908. The third-order valence-electron chi connectivity index (χ3n) is 4.62. The van der Waals surface area contributed by atoms with Crippen LogP contribution in [0.1, 0.15) is 27.7 Å². The van der Waals surface area contributed by atoms with Crippen LogP contribution in [0.2, 0.25) is 0 Å². The molecule has 0 aromatic carbocycles. The molecule has 0 bridgehead atoms. The van der Waals surface area contributed by atoms with E-state index < -0.39 is 11.9 Å². The minimum Gasteiger partial charge on any atom is -0.465 e. The van der Waals surface area contributed by atoms with Crippen molar-refractivity contribution in [2.75, 3.05) is 39.3 Å². The summed E-state index contributed by atoms with van der Waals surface area (Å²) in [6.45, 7) is 13.1. The van der Waals surface area contributed by atoms with Gasteiger partial charge < -0.3 is 14.5 Å². The number of piperazine rings is 1. The molecule has 7 heteroatoms. The number of hydrogen-bond acceptors (Lipinski definition) is 5. The predicted molar refractivity (Wildman–Crippen MR) is 87.1 cm³/mol. The molecule has 1 saturated heterocycles. The number of aliphatic imine (C=N–C) groups is 1. The second-order valence-corrected chi connectivity index (χ2v) is 6.50. The van der Waals surface area contributed by atoms with Crippen molar-refractivity contribution in [2.24, 2.45) is 16.8 Å². The number of esters is 1. The number of carbonyl (C=O) groups excluding carboxylic acids is 2. The number of guanidine groups is 1. The Bertz CT molecular complexity index is 470. The Morgan fingerprint density at radius 3 is 2.57 bits per heavy atom.